The quantitative estimate of drug-likeness (QED) is 0.700. The number of carbonyl (C=O) groups excluding carboxylic acids is 3. The van der Waals surface area contributed by atoms with Gasteiger partial charge in [-0.15, -0.1) is 0 Å². The van der Waals surface area contributed by atoms with Gasteiger partial charge < -0.3 is 10.2 Å². The third-order valence-electron chi connectivity index (χ3n) is 5.17. The van der Waals surface area contributed by atoms with Crippen molar-refractivity contribution in [3.8, 4) is 0 Å². The monoisotopic (exact) mass is 380 g/mol. The maximum absolute atomic E-state index is 12.4. The third kappa shape index (κ3) is 3.97. The van der Waals surface area contributed by atoms with Gasteiger partial charge in [0.2, 0.25) is 5.91 Å². The predicted octanol–water partition coefficient (Wildman–Crippen LogP) is 0.847. The fourth-order valence-corrected chi connectivity index (χ4v) is 3.44. The van der Waals surface area contributed by atoms with Gasteiger partial charge in [0, 0.05) is 5.56 Å². The Balaban J connectivity index is 1.62. The van der Waals surface area contributed by atoms with Crippen LogP contribution in [0.2, 0.25) is 0 Å². The maximum Gasteiger partial charge on any atom is 0.262 e. The molecule has 2 aromatic rings. The smallest absolute Gasteiger partial charge is 0.262 e. The molecule has 2 aromatic carbocycles. The normalized spacial score (nSPS) is 14.4. The van der Waals surface area contributed by atoms with E-state index >= 15 is 0 Å². The second-order valence-corrected chi connectivity index (χ2v) is 7.27. The Labute approximate surface area is 165 Å². The highest BCUT2D eigenvalue weighted by molar-refractivity contribution is 6.22. The molecule has 1 aliphatic heterocycles. The highest BCUT2D eigenvalue weighted by Gasteiger charge is 2.36. The first kappa shape index (κ1) is 19.8. The zero-order valence-electron chi connectivity index (χ0n) is 16.5. The van der Waals surface area contributed by atoms with Crippen molar-refractivity contribution in [1.29, 1.82) is 0 Å². The average Bonchev–Trinajstić information content (AvgIpc) is 2.93. The Kier molecular flexibility index (Phi) is 5.90. The summed E-state index contributed by atoms with van der Waals surface area (Å²) in [5.74, 6) is -1.17. The van der Waals surface area contributed by atoms with Gasteiger partial charge in [0.05, 0.1) is 31.8 Å². The number of nitrogens with one attached hydrogen (secondary N) is 2. The molecule has 0 aromatic heterocycles. The zero-order chi connectivity index (χ0) is 20.3. The number of rotatable bonds is 7. The molecule has 0 radical (unpaired) electrons. The van der Waals surface area contributed by atoms with Crippen LogP contribution in [0.15, 0.2) is 48.5 Å². The Bertz CT molecular complexity index is 855. The van der Waals surface area contributed by atoms with Crippen LogP contribution in [0.1, 0.15) is 44.8 Å². The van der Waals surface area contributed by atoms with E-state index in [2.05, 4.69) is 36.5 Å². The lowest BCUT2D eigenvalue weighted by atomic mass is 10.0. The lowest BCUT2D eigenvalue weighted by molar-refractivity contribution is -0.890. The standard InChI is InChI=1S/C22H25N3O3/c1-4-15-9-11-16(12-10-15)19(24(2)3)13-23-20(26)14-25-21(27)17-7-5-6-8-18(17)22(25)28/h5-12,19H,4,13-14H2,1-3H3,(H,23,26)/p+1/t19-/m0/s1. The van der Waals surface area contributed by atoms with Crippen LogP contribution in [0.4, 0.5) is 0 Å². The van der Waals surface area contributed by atoms with E-state index in [0.29, 0.717) is 17.7 Å². The average molecular weight is 380 g/mol. The number of carbonyl (C=O) groups is 3. The van der Waals surface area contributed by atoms with Crippen LogP contribution < -0.4 is 10.2 Å². The fraction of sp³-hybridized carbons (Fsp3) is 0.318. The van der Waals surface area contributed by atoms with Crippen molar-refractivity contribution >= 4 is 17.7 Å². The molecule has 0 aliphatic carbocycles. The van der Waals surface area contributed by atoms with Crippen molar-refractivity contribution in [3.05, 3.63) is 70.8 Å². The fourth-order valence-electron chi connectivity index (χ4n) is 3.44. The summed E-state index contributed by atoms with van der Waals surface area (Å²) in [4.78, 5) is 39.4. The van der Waals surface area contributed by atoms with Gasteiger partial charge in [-0.1, -0.05) is 43.3 Å². The summed E-state index contributed by atoms with van der Waals surface area (Å²) >= 11 is 0. The molecule has 3 rings (SSSR count). The number of amides is 3. The molecular formula is C22H26N3O3+. The van der Waals surface area contributed by atoms with Crippen molar-refractivity contribution in [2.45, 2.75) is 19.4 Å². The van der Waals surface area contributed by atoms with Crippen LogP contribution in [0, 0.1) is 0 Å². The van der Waals surface area contributed by atoms with E-state index in [0.717, 1.165) is 16.9 Å². The molecule has 28 heavy (non-hydrogen) atoms. The largest absolute Gasteiger partial charge is 0.348 e. The van der Waals surface area contributed by atoms with Crippen molar-refractivity contribution < 1.29 is 19.3 Å². The van der Waals surface area contributed by atoms with Crippen molar-refractivity contribution in [2.24, 2.45) is 0 Å². The molecule has 6 nitrogen and oxygen atoms in total. The van der Waals surface area contributed by atoms with Crippen LogP contribution in [0.5, 0.6) is 0 Å². The first-order valence-corrected chi connectivity index (χ1v) is 9.53. The first-order valence-electron chi connectivity index (χ1n) is 9.53. The number of quaternary nitrogens is 1. The molecule has 0 unspecified atom stereocenters. The Morgan fingerprint density at radius 2 is 1.57 bits per heavy atom. The van der Waals surface area contributed by atoms with Crippen molar-refractivity contribution in [1.82, 2.24) is 10.2 Å². The minimum Gasteiger partial charge on any atom is -0.348 e. The lowest BCUT2D eigenvalue weighted by Crippen LogP contribution is -3.07. The van der Waals surface area contributed by atoms with Gasteiger partial charge in [-0.25, -0.2) is 0 Å². The van der Waals surface area contributed by atoms with E-state index in [1.165, 1.54) is 10.5 Å². The molecule has 0 saturated heterocycles. The molecule has 1 atom stereocenters. The molecule has 0 spiro atoms. The minimum atomic E-state index is -0.416. The van der Waals surface area contributed by atoms with E-state index in [9.17, 15) is 14.4 Å². The molecule has 0 fully saturated rings. The number of hydrogen-bond donors (Lipinski definition) is 2. The van der Waals surface area contributed by atoms with Gasteiger partial charge >= 0.3 is 0 Å². The van der Waals surface area contributed by atoms with Gasteiger partial charge in [-0.3, -0.25) is 19.3 Å². The summed E-state index contributed by atoms with van der Waals surface area (Å²) in [7, 11) is 4.07. The van der Waals surface area contributed by atoms with Crippen molar-refractivity contribution in [3.63, 3.8) is 0 Å². The van der Waals surface area contributed by atoms with Crippen LogP contribution in [0.3, 0.4) is 0 Å². The zero-order valence-corrected chi connectivity index (χ0v) is 16.5. The predicted molar refractivity (Wildman–Crippen MR) is 106 cm³/mol. The number of hydrogen-bond acceptors (Lipinski definition) is 3. The number of imide groups is 1. The number of likely N-dealkylation sites (N-methyl/N-ethyl adjacent to an activating group) is 1. The molecule has 6 heteroatoms. The van der Waals surface area contributed by atoms with Gasteiger partial charge in [0.25, 0.3) is 11.8 Å². The summed E-state index contributed by atoms with van der Waals surface area (Å²) in [6, 6.07) is 15.1. The van der Waals surface area contributed by atoms with Gasteiger partial charge in [-0.05, 0) is 24.1 Å². The van der Waals surface area contributed by atoms with Crippen LogP contribution in [0.25, 0.3) is 0 Å². The molecule has 1 heterocycles. The molecule has 1 aliphatic rings. The third-order valence-corrected chi connectivity index (χ3v) is 5.17. The second kappa shape index (κ2) is 8.35. The maximum atomic E-state index is 12.4. The Hall–Kier alpha value is -2.99. The SMILES string of the molecule is CCc1ccc([C@H](CNC(=O)CN2C(=O)c3ccccc3C2=O)[NH+](C)C)cc1. The Morgan fingerprint density at radius 3 is 2.07 bits per heavy atom. The van der Waals surface area contributed by atoms with Crippen LogP contribution in [-0.4, -0.2) is 49.8 Å². The highest BCUT2D eigenvalue weighted by atomic mass is 16.2. The van der Waals surface area contributed by atoms with Gasteiger partial charge in [-0.2, -0.15) is 0 Å². The number of benzene rings is 2. The van der Waals surface area contributed by atoms with E-state index in [-0.39, 0.29) is 18.5 Å². The van der Waals surface area contributed by atoms with Gasteiger partial charge in [0.1, 0.15) is 12.6 Å². The minimum absolute atomic E-state index is 0.0806. The van der Waals surface area contributed by atoms with Crippen LogP contribution >= 0.6 is 0 Å². The summed E-state index contributed by atoms with van der Waals surface area (Å²) in [5, 5.41) is 2.88. The molecule has 2 N–H and O–H groups in total. The van der Waals surface area contributed by atoms with Crippen molar-refractivity contribution in [2.75, 3.05) is 27.2 Å². The van der Waals surface area contributed by atoms with E-state index in [1.54, 1.807) is 24.3 Å². The second-order valence-electron chi connectivity index (χ2n) is 7.27. The summed E-state index contributed by atoms with van der Waals surface area (Å²) in [5.41, 5.74) is 3.11. The molecular weight excluding hydrogens is 354 g/mol. The Morgan fingerprint density at radius 1 is 1.00 bits per heavy atom. The van der Waals surface area contributed by atoms with E-state index in [1.807, 2.05) is 14.1 Å². The van der Waals surface area contributed by atoms with Crippen LogP contribution in [-0.2, 0) is 11.2 Å². The summed E-state index contributed by atoms with van der Waals surface area (Å²) < 4.78 is 0. The summed E-state index contributed by atoms with van der Waals surface area (Å²) in [6.07, 6.45) is 0.983. The molecule has 146 valence electrons. The highest BCUT2D eigenvalue weighted by Crippen LogP contribution is 2.21. The molecule has 3 amide bonds. The molecule has 0 bridgehead atoms. The number of fused-ring (bicyclic) bond motifs is 1. The lowest BCUT2D eigenvalue weighted by Gasteiger charge is -2.23. The number of nitrogens with zero attached hydrogens (tertiary/aromatic N) is 1. The molecule has 0 saturated carbocycles. The first-order chi connectivity index (χ1) is 13.4. The van der Waals surface area contributed by atoms with Gasteiger partial charge in [0.15, 0.2) is 0 Å². The summed E-state index contributed by atoms with van der Waals surface area (Å²) in [6.45, 7) is 2.27. The van der Waals surface area contributed by atoms with E-state index in [4.69, 9.17) is 0 Å². The topological polar surface area (TPSA) is 70.9 Å². The number of aryl methyl sites for hydroxylation is 1. The van der Waals surface area contributed by atoms with E-state index < -0.39 is 11.8 Å².